The Balaban J connectivity index is 2.46. The van der Waals surface area contributed by atoms with Gasteiger partial charge in [0.25, 0.3) is 0 Å². The predicted molar refractivity (Wildman–Crippen MR) is 91.3 cm³/mol. The van der Waals surface area contributed by atoms with E-state index in [9.17, 15) is 31.1 Å². The number of alkyl halides is 6. The fraction of sp³-hybridized carbons (Fsp3) is 0.389. The van der Waals surface area contributed by atoms with Crippen molar-refractivity contribution in [2.45, 2.75) is 45.6 Å². The zero-order chi connectivity index (χ0) is 22.0. The number of ether oxygens (including phenoxy) is 1. The Morgan fingerprint density at radius 2 is 1.66 bits per heavy atom. The molecule has 0 fully saturated rings. The highest BCUT2D eigenvalue weighted by Gasteiger charge is 2.37. The Morgan fingerprint density at radius 1 is 1.10 bits per heavy atom. The van der Waals surface area contributed by atoms with E-state index >= 15 is 0 Å². The lowest BCUT2D eigenvalue weighted by molar-refractivity contribution is -0.144. The van der Waals surface area contributed by atoms with Crippen molar-refractivity contribution in [1.82, 2.24) is 14.8 Å². The molecule has 0 unspecified atom stereocenters. The molecule has 2 rings (SSSR count). The highest BCUT2D eigenvalue weighted by atomic mass is 19.4. The van der Waals surface area contributed by atoms with E-state index in [1.54, 1.807) is 20.8 Å². The summed E-state index contributed by atoms with van der Waals surface area (Å²) in [5.41, 5.74) is -3.19. The maximum Gasteiger partial charge on any atom is 0.416 e. The molecule has 0 aliphatic carbocycles. The number of hydrogen-bond acceptors (Lipinski definition) is 4. The van der Waals surface area contributed by atoms with E-state index in [2.05, 4.69) is 10.1 Å². The molecule has 0 atom stereocenters. The minimum Gasteiger partial charge on any atom is -0.460 e. The van der Waals surface area contributed by atoms with Crippen molar-refractivity contribution in [3.8, 4) is 11.4 Å². The van der Waals surface area contributed by atoms with Crippen LogP contribution in [0, 0.1) is 0 Å². The van der Waals surface area contributed by atoms with E-state index in [4.69, 9.17) is 4.74 Å². The second kappa shape index (κ2) is 8.26. The summed E-state index contributed by atoms with van der Waals surface area (Å²) in [6.07, 6.45) is -7.73. The van der Waals surface area contributed by atoms with Crippen molar-refractivity contribution >= 4 is 12.2 Å². The van der Waals surface area contributed by atoms with Crippen molar-refractivity contribution in [2.75, 3.05) is 0 Å². The van der Waals surface area contributed by atoms with Gasteiger partial charge in [0, 0.05) is 11.8 Å². The predicted octanol–water partition coefficient (Wildman–Crippen LogP) is 5.19. The Labute approximate surface area is 162 Å². The van der Waals surface area contributed by atoms with Crippen LogP contribution < -0.4 is 0 Å². The largest absolute Gasteiger partial charge is 0.460 e. The summed E-state index contributed by atoms with van der Waals surface area (Å²) in [6.45, 7) is 4.99. The molecule has 0 N–H and O–H groups in total. The molecule has 1 heterocycles. The molecular formula is C18H17F6N3O2. The smallest absolute Gasteiger partial charge is 0.416 e. The molecule has 1 aromatic heterocycles. The quantitative estimate of drug-likeness (QED) is 0.379. The summed E-state index contributed by atoms with van der Waals surface area (Å²) < 4.78 is 84.0. The van der Waals surface area contributed by atoms with E-state index in [1.807, 2.05) is 0 Å². The second-order valence-electron chi connectivity index (χ2n) is 6.30. The van der Waals surface area contributed by atoms with Crippen LogP contribution in [-0.2, 0) is 21.9 Å². The number of hydrogen-bond donors (Lipinski definition) is 0. The molecule has 29 heavy (non-hydrogen) atoms. The Bertz CT molecular complexity index is 881. The molecule has 0 spiro atoms. The van der Waals surface area contributed by atoms with Gasteiger partial charge in [-0.15, -0.1) is 5.10 Å². The van der Waals surface area contributed by atoms with Crippen molar-refractivity contribution in [3.63, 3.8) is 0 Å². The molecule has 0 amide bonds. The first kappa shape index (κ1) is 22.4. The van der Waals surface area contributed by atoms with Gasteiger partial charge in [-0.2, -0.15) is 26.3 Å². The summed E-state index contributed by atoms with van der Waals surface area (Å²) >= 11 is 0. The van der Waals surface area contributed by atoms with E-state index in [1.165, 1.54) is 6.20 Å². The van der Waals surface area contributed by atoms with Gasteiger partial charge in [0.15, 0.2) is 5.82 Å². The molecule has 158 valence electrons. The molecule has 0 bridgehead atoms. The first-order chi connectivity index (χ1) is 13.3. The van der Waals surface area contributed by atoms with Crippen molar-refractivity contribution in [2.24, 2.45) is 0 Å². The highest BCUT2D eigenvalue weighted by Crippen LogP contribution is 2.38. The lowest BCUT2D eigenvalue weighted by Crippen LogP contribution is -2.14. The van der Waals surface area contributed by atoms with Gasteiger partial charge in [-0.25, -0.2) is 14.5 Å². The third kappa shape index (κ3) is 5.81. The third-order valence-electron chi connectivity index (χ3n) is 3.63. The van der Waals surface area contributed by atoms with Crippen molar-refractivity contribution in [1.29, 1.82) is 0 Å². The minimum absolute atomic E-state index is 0.0253. The van der Waals surface area contributed by atoms with Crippen LogP contribution in [0.25, 0.3) is 17.6 Å². The fourth-order valence-electron chi connectivity index (χ4n) is 2.29. The van der Waals surface area contributed by atoms with Crippen LogP contribution in [0.1, 0.15) is 38.3 Å². The number of carbonyl (C=O) groups excluding carboxylic acids is 1. The average molecular weight is 421 g/mol. The fourth-order valence-corrected chi connectivity index (χ4v) is 2.29. The molecule has 0 aliphatic rings. The Kier molecular flexibility index (Phi) is 6.39. The number of nitrogens with zero attached hydrogens (tertiary/aromatic N) is 3. The average Bonchev–Trinajstić information content (AvgIpc) is 3.05. The Morgan fingerprint density at radius 3 is 2.10 bits per heavy atom. The normalized spacial score (nSPS) is 13.1. The number of aromatic nitrogens is 3. The van der Waals surface area contributed by atoms with Gasteiger partial charge >= 0.3 is 18.3 Å². The van der Waals surface area contributed by atoms with Gasteiger partial charge in [0.05, 0.1) is 22.8 Å². The first-order valence-electron chi connectivity index (χ1n) is 8.44. The van der Waals surface area contributed by atoms with E-state index in [0.717, 1.165) is 11.0 Å². The van der Waals surface area contributed by atoms with Crippen LogP contribution >= 0.6 is 0 Å². The van der Waals surface area contributed by atoms with E-state index < -0.39 is 35.0 Å². The molecule has 1 aromatic carbocycles. The summed E-state index contributed by atoms with van der Waals surface area (Å²) in [4.78, 5) is 15.7. The summed E-state index contributed by atoms with van der Waals surface area (Å²) in [5.74, 6) is -0.969. The van der Waals surface area contributed by atoms with Crippen LogP contribution in [0.3, 0.4) is 0 Å². The lowest BCUT2D eigenvalue weighted by atomic mass is 10.0. The summed E-state index contributed by atoms with van der Waals surface area (Å²) in [5, 5.41) is 3.86. The van der Waals surface area contributed by atoms with Crippen LogP contribution in [0.15, 0.2) is 30.1 Å². The van der Waals surface area contributed by atoms with Gasteiger partial charge < -0.3 is 4.74 Å². The van der Waals surface area contributed by atoms with Gasteiger partial charge in [-0.3, -0.25) is 0 Å². The van der Waals surface area contributed by atoms with Crippen LogP contribution in [0.5, 0.6) is 0 Å². The third-order valence-corrected chi connectivity index (χ3v) is 3.63. The molecule has 0 saturated carbocycles. The molecule has 5 nitrogen and oxygen atoms in total. The SMILES string of the molecule is CC/C(=C\n1cnc(-c2cc(C(F)(F)F)cc(C(F)(F)F)c2)n1)C(=O)OC(C)C. The molecule has 11 heteroatoms. The minimum atomic E-state index is -4.98. The van der Waals surface area contributed by atoms with Gasteiger partial charge in [0.1, 0.15) is 6.33 Å². The first-order valence-corrected chi connectivity index (χ1v) is 8.44. The maximum atomic E-state index is 13.0. The summed E-state index contributed by atoms with van der Waals surface area (Å²) in [7, 11) is 0. The number of rotatable bonds is 5. The van der Waals surface area contributed by atoms with E-state index in [0.29, 0.717) is 12.1 Å². The number of halogens is 6. The van der Waals surface area contributed by atoms with Crippen molar-refractivity contribution in [3.05, 3.63) is 41.2 Å². The van der Waals surface area contributed by atoms with Gasteiger partial charge in [-0.1, -0.05) is 6.92 Å². The zero-order valence-corrected chi connectivity index (χ0v) is 15.6. The second-order valence-corrected chi connectivity index (χ2v) is 6.30. The standard InChI is InChI=1S/C18H17F6N3O2/c1-4-11(16(28)29-10(2)3)8-27-9-25-15(26-27)12-5-13(17(19,20)21)7-14(6-12)18(22,23)24/h5-10H,4H2,1-3H3/b11-8+. The molecule has 0 radical (unpaired) electrons. The lowest BCUT2D eigenvalue weighted by Gasteiger charge is -2.13. The molecular weight excluding hydrogens is 404 g/mol. The molecule has 0 saturated heterocycles. The van der Waals surface area contributed by atoms with E-state index in [-0.39, 0.29) is 30.0 Å². The highest BCUT2D eigenvalue weighted by molar-refractivity contribution is 5.91. The molecule has 0 aliphatic heterocycles. The topological polar surface area (TPSA) is 57.0 Å². The zero-order valence-electron chi connectivity index (χ0n) is 15.6. The van der Waals surface area contributed by atoms with Gasteiger partial charge in [-0.05, 0) is 38.5 Å². The molecule has 2 aromatic rings. The number of carbonyl (C=O) groups is 1. The maximum absolute atomic E-state index is 13.0. The number of esters is 1. The van der Waals surface area contributed by atoms with Gasteiger partial charge in [0.2, 0.25) is 0 Å². The van der Waals surface area contributed by atoms with Crippen molar-refractivity contribution < 1.29 is 35.9 Å². The summed E-state index contributed by atoms with van der Waals surface area (Å²) in [6, 6.07) is 1.09. The van der Waals surface area contributed by atoms with Crippen LogP contribution in [0.4, 0.5) is 26.3 Å². The monoisotopic (exact) mass is 421 g/mol. The number of benzene rings is 1. The van der Waals surface area contributed by atoms with Crippen LogP contribution in [-0.4, -0.2) is 26.8 Å². The van der Waals surface area contributed by atoms with Crippen LogP contribution in [0.2, 0.25) is 0 Å². The Hall–Kier alpha value is -2.85.